The van der Waals surface area contributed by atoms with E-state index >= 15 is 0 Å². The normalized spacial score (nSPS) is 20.0. The van der Waals surface area contributed by atoms with Gasteiger partial charge in [0.25, 0.3) is 0 Å². The zero-order valence-corrected chi connectivity index (χ0v) is 16.3. The topological polar surface area (TPSA) is 39.3 Å². The van der Waals surface area contributed by atoms with Gasteiger partial charge < -0.3 is 16.0 Å². The van der Waals surface area contributed by atoms with Gasteiger partial charge in [-0.2, -0.15) is 0 Å². The lowest BCUT2D eigenvalue weighted by Gasteiger charge is -2.23. The van der Waals surface area contributed by atoms with Crippen LogP contribution in [0.25, 0.3) is 0 Å². The minimum absolute atomic E-state index is 1.06. The fourth-order valence-electron chi connectivity index (χ4n) is 2.82. The maximum absolute atomic E-state index is 3.57. The first-order valence-electron chi connectivity index (χ1n) is 8.87. The molecule has 0 atom stereocenters. The highest BCUT2D eigenvalue weighted by Crippen LogP contribution is 2.10. The van der Waals surface area contributed by atoms with Gasteiger partial charge >= 0.3 is 0 Å². The van der Waals surface area contributed by atoms with Crippen molar-refractivity contribution < 1.29 is 0 Å². The highest BCUT2D eigenvalue weighted by atomic mass is 127. The van der Waals surface area contributed by atoms with Gasteiger partial charge in [0.2, 0.25) is 0 Å². The monoisotopic (exact) mass is 430 g/mol. The summed E-state index contributed by atoms with van der Waals surface area (Å²) in [6.07, 6.45) is 2.42. The summed E-state index contributed by atoms with van der Waals surface area (Å²) in [7, 11) is 0. The van der Waals surface area contributed by atoms with Crippen LogP contribution in [0.5, 0.6) is 0 Å². The molecule has 0 amide bonds. The van der Waals surface area contributed by atoms with E-state index in [9.17, 15) is 0 Å². The number of nitrogens with one attached hydrogen (secondary N) is 3. The SMILES string of the molecule is ICc1ccc(CN2CCCNCCNCCCNCC2)cc1. The van der Waals surface area contributed by atoms with Crippen molar-refractivity contribution in [2.24, 2.45) is 0 Å². The van der Waals surface area contributed by atoms with E-state index in [-0.39, 0.29) is 0 Å². The van der Waals surface area contributed by atoms with Crippen LogP contribution in [0.2, 0.25) is 0 Å². The minimum atomic E-state index is 1.06. The molecule has 1 heterocycles. The van der Waals surface area contributed by atoms with Crippen LogP contribution in [0.1, 0.15) is 24.0 Å². The zero-order chi connectivity index (χ0) is 16.2. The summed E-state index contributed by atoms with van der Waals surface area (Å²) in [5.74, 6) is 0. The van der Waals surface area contributed by atoms with E-state index in [1.807, 2.05) is 0 Å². The summed E-state index contributed by atoms with van der Waals surface area (Å²) in [5.41, 5.74) is 2.84. The number of hydrogen-bond donors (Lipinski definition) is 3. The Morgan fingerprint density at radius 1 is 0.739 bits per heavy atom. The van der Waals surface area contributed by atoms with Gasteiger partial charge in [0.1, 0.15) is 0 Å². The molecule has 0 aliphatic carbocycles. The molecule has 0 bridgehead atoms. The molecular formula is C18H31IN4. The van der Waals surface area contributed by atoms with Crippen LogP contribution < -0.4 is 16.0 Å². The van der Waals surface area contributed by atoms with Gasteiger partial charge in [-0.05, 0) is 50.1 Å². The summed E-state index contributed by atoms with van der Waals surface area (Å²) in [5, 5.41) is 10.6. The molecule has 23 heavy (non-hydrogen) atoms. The summed E-state index contributed by atoms with van der Waals surface area (Å²) in [4.78, 5) is 2.58. The van der Waals surface area contributed by atoms with Crippen LogP contribution in [-0.2, 0) is 11.0 Å². The highest BCUT2D eigenvalue weighted by Gasteiger charge is 2.06. The molecular weight excluding hydrogens is 399 g/mol. The second-order valence-corrected chi connectivity index (χ2v) is 6.95. The molecule has 130 valence electrons. The van der Waals surface area contributed by atoms with Crippen molar-refractivity contribution in [2.45, 2.75) is 23.8 Å². The average molecular weight is 430 g/mol. The maximum Gasteiger partial charge on any atom is 0.0247 e. The number of nitrogens with zero attached hydrogens (tertiary/aromatic N) is 1. The fraction of sp³-hybridized carbons (Fsp3) is 0.667. The lowest BCUT2D eigenvalue weighted by Crippen LogP contribution is -2.36. The summed E-state index contributed by atoms with van der Waals surface area (Å²) in [6, 6.07) is 9.10. The molecule has 0 saturated carbocycles. The van der Waals surface area contributed by atoms with E-state index in [4.69, 9.17) is 0 Å². The molecule has 3 N–H and O–H groups in total. The van der Waals surface area contributed by atoms with Gasteiger partial charge in [-0.3, -0.25) is 4.90 Å². The Labute approximate surface area is 154 Å². The number of halogens is 1. The Morgan fingerprint density at radius 2 is 1.35 bits per heavy atom. The molecule has 5 heteroatoms. The van der Waals surface area contributed by atoms with Crippen LogP contribution in [0.4, 0.5) is 0 Å². The summed E-state index contributed by atoms with van der Waals surface area (Å²) < 4.78 is 1.09. The molecule has 0 unspecified atom stereocenters. The summed E-state index contributed by atoms with van der Waals surface area (Å²) >= 11 is 2.42. The van der Waals surface area contributed by atoms with Crippen LogP contribution in [-0.4, -0.2) is 57.3 Å². The molecule has 1 saturated heterocycles. The number of benzene rings is 1. The van der Waals surface area contributed by atoms with Crippen molar-refractivity contribution >= 4 is 22.6 Å². The van der Waals surface area contributed by atoms with Gasteiger partial charge in [-0.25, -0.2) is 0 Å². The van der Waals surface area contributed by atoms with Crippen molar-refractivity contribution in [3.8, 4) is 0 Å². The molecule has 1 fully saturated rings. The maximum atomic E-state index is 3.57. The molecule has 0 spiro atoms. The van der Waals surface area contributed by atoms with Crippen molar-refractivity contribution in [2.75, 3.05) is 52.4 Å². The first-order valence-corrected chi connectivity index (χ1v) is 10.4. The molecule has 1 aromatic rings. The predicted molar refractivity (Wildman–Crippen MR) is 107 cm³/mol. The number of hydrogen-bond acceptors (Lipinski definition) is 4. The van der Waals surface area contributed by atoms with Crippen molar-refractivity contribution in [1.29, 1.82) is 0 Å². The quantitative estimate of drug-likeness (QED) is 0.507. The molecule has 0 aromatic heterocycles. The standard InChI is InChI=1S/C18H31IN4/c19-15-17-3-5-18(6-4-17)16-23-13-2-9-21-11-10-20-7-1-8-22-12-14-23/h3-6,20-22H,1-2,7-16H2. The molecule has 4 nitrogen and oxygen atoms in total. The Bertz CT molecular complexity index is 396. The largest absolute Gasteiger partial charge is 0.315 e. The molecule has 1 aromatic carbocycles. The third kappa shape index (κ3) is 8.44. The van der Waals surface area contributed by atoms with Crippen molar-refractivity contribution in [3.05, 3.63) is 35.4 Å². The first-order chi connectivity index (χ1) is 11.4. The van der Waals surface area contributed by atoms with Gasteiger partial charge in [-0.15, -0.1) is 0 Å². The van der Waals surface area contributed by atoms with E-state index in [2.05, 4.69) is 67.7 Å². The van der Waals surface area contributed by atoms with E-state index < -0.39 is 0 Å². The number of alkyl halides is 1. The van der Waals surface area contributed by atoms with E-state index in [0.29, 0.717) is 0 Å². The lowest BCUT2D eigenvalue weighted by atomic mass is 10.1. The van der Waals surface area contributed by atoms with E-state index in [1.54, 1.807) is 0 Å². The Balaban J connectivity index is 1.81. The van der Waals surface area contributed by atoms with E-state index in [0.717, 1.165) is 63.3 Å². The second kappa shape index (κ2) is 12.2. The Kier molecular flexibility index (Phi) is 10.1. The van der Waals surface area contributed by atoms with Crippen LogP contribution >= 0.6 is 22.6 Å². The third-order valence-electron chi connectivity index (χ3n) is 4.20. The van der Waals surface area contributed by atoms with Crippen LogP contribution in [0, 0.1) is 0 Å². The van der Waals surface area contributed by atoms with Crippen molar-refractivity contribution in [1.82, 2.24) is 20.9 Å². The van der Waals surface area contributed by atoms with Crippen LogP contribution in [0.3, 0.4) is 0 Å². The van der Waals surface area contributed by atoms with Gasteiger partial charge in [0.05, 0.1) is 0 Å². The number of rotatable bonds is 3. The zero-order valence-electron chi connectivity index (χ0n) is 14.1. The molecule has 0 radical (unpaired) electrons. The Morgan fingerprint density at radius 3 is 2.04 bits per heavy atom. The molecule has 1 aliphatic rings. The fourth-order valence-corrected chi connectivity index (χ4v) is 3.33. The highest BCUT2D eigenvalue weighted by molar-refractivity contribution is 14.1. The molecule has 1 aliphatic heterocycles. The smallest absolute Gasteiger partial charge is 0.0247 e. The van der Waals surface area contributed by atoms with Gasteiger partial charge in [0.15, 0.2) is 0 Å². The second-order valence-electron chi connectivity index (χ2n) is 6.18. The lowest BCUT2D eigenvalue weighted by molar-refractivity contribution is 0.260. The van der Waals surface area contributed by atoms with Crippen molar-refractivity contribution in [3.63, 3.8) is 0 Å². The minimum Gasteiger partial charge on any atom is -0.315 e. The Hall–Kier alpha value is -0.210. The first kappa shape index (κ1) is 19.1. The summed E-state index contributed by atoms with van der Waals surface area (Å²) in [6.45, 7) is 9.92. The average Bonchev–Trinajstić information content (AvgIpc) is 2.59. The van der Waals surface area contributed by atoms with E-state index in [1.165, 1.54) is 24.0 Å². The molecule has 2 rings (SSSR count). The predicted octanol–water partition coefficient (Wildman–Crippen LogP) is 1.99. The third-order valence-corrected chi connectivity index (χ3v) is 5.08. The van der Waals surface area contributed by atoms with Crippen LogP contribution in [0.15, 0.2) is 24.3 Å². The van der Waals surface area contributed by atoms with Gasteiger partial charge in [-0.1, -0.05) is 46.9 Å². The van der Waals surface area contributed by atoms with Gasteiger partial charge in [0, 0.05) is 37.2 Å².